The van der Waals surface area contributed by atoms with Crippen LogP contribution in [0.25, 0.3) is 11.8 Å². The van der Waals surface area contributed by atoms with Crippen molar-refractivity contribution < 1.29 is 4.92 Å². The molecule has 0 N–H and O–H groups in total. The normalized spacial score (nSPS) is 16.8. The molecule has 0 unspecified atom stereocenters. The Morgan fingerprint density at radius 1 is 1.03 bits per heavy atom. The van der Waals surface area contributed by atoms with Gasteiger partial charge in [0.05, 0.1) is 21.2 Å². The zero-order valence-corrected chi connectivity index (χ0v) is 20.8. The van der Waals surface area contributed by atoms with E-state index >= 15 is 0 Å². The molecule has 0 spiro atoms. The maximum absolute atomic E-state index is 13.7. The summed E-state index contributed by atoms with van der Waals surface area (Å²) in [7, 11) is 0. The number of nitro benzene ring substituents is 1. The molecule has 3 aromatic carbocycles. The second-order valence-electron chi connectivity index (χ2n) is 8.51. The summed E-state index contributed by atoms with van der Waals surface area (Å²) in [6.45, 7) is 0. The topological polar surface area (TPSA) is 77.5 Å². The van der Waals surface area contributed by atoms with E-state index in [-0.39, 0.29) is 17.3 Å². The lowest BCUT2D eigenvalue weighted by atomic mass is 9.83. The number of thiazole rings is 1. The molecule has 6 rings (SSSR count). The molecule has 4 aromatic rings. The lowest BCUT2D eigenvalue weighted by Gasteiger charge is -2.30. The van der Waals surface area contributed by atoms with Gasteiger partial charge in [0.1, 0.15) is 0 Å². The molecule has 2 aliphatic rings. The molecule has 1 aliphatic heterocycles. The summed E-state index contributed by atoms with van der Waals surface area (Å²) >= 11 is 4.87. The van der Waals surface area contributed by atoms with Crippen molar-refractivity contribution in [2.45, 2.75) is 18.9 Å². The first-order valence-corrected chi connectivity index (χ1v) is 12.7. The largest absolute Gasteiger partial charge is 0.272 e. The Morgan fingerprint density at radius 3 is 2.51 bits per heavy atom. The SMILES string of the molecule is O=c1/c(=C/c2ccc([N+](=O)[O-])cc2)sc2n1[C@H](c1ccc(Br)cc1)C1=C(N=2)c2ccccc2CC1. The lowest BCUT2D eigenvalue weighted by molar-refractivity contribution is -0.384. The number of hydrogen-bond donors (Lipinski definition) is 0. The molecular weight excluding hydrogens is 526 g/mol. The summed E-state index contributed by atoms with van der Waals surface area (Å²) in [4.78, 5) is 29.9. The highest BCUT2D eigenvalue weighted by Gasteiger charge is 2.32. The number of aromatic nitrogens is 1. The zero-order chi connectivity index (χ0) is 24.1. The number of aryl methyl sites for hydroxylation is 1. The summed E-state index contributed by atoms with van der Waals surface area (Å²) < 4.78 is 3.33. The minimum atomic E-state index is -0.432. The van der Waals surface area contributed by atoms with Gasteiger partial charge in [0.2, 0.25) is 0 Å². The molecule has 8 heteroatoms. The van der Waals surface area contributed by atoms with Crippen molar-refractivity contribution in [3.8, 4) is 0 Å². The maximum Gasteiger partial charge on any atom is 0.271 e. The van der Waals surface area contributed by atoms with E-state index < -0.39 is 4.92 Å². The second kappa shape index (κ2) is 8.55. The van der Waals surface area contributed by atoms with E-state index in [0.29, 0.717) is 9.33 Å². The summed E-state index contributed by atoms with van der Waals surface area (Å²) in [6.07, 6.45) is 3.52. The van der Waals surface area contributed by atoms with Gasteiger partial charge < -0.3 is 0 Å². The van der Waals surface area contributed by atoms with Gasteiger partial charge >= 0.3 is 0 Å². The molecule has 0 fully saturated rings. The smallest absolute Gasteiger partial charge is 0.271 e. The summed E-state index contributed by atoms with van der Waals surface area (Å²) in [5.74, 6) is 0. The average molecular weight is 544 g/mol. The minimum absolute atomic E-state index is 0.0187. The van der Waals surface area contributed by atoms with Crippen molar-refractivity contribution in [3.05, 3.63) is 135 Å². The van der Waals surface area contributed by atoms with Gasteiger partial charge in [-0.15, -0.1) is 0 Å². The molecule has 1 atom stereocenters. The van der Waals surface area contributed by atoms with E-state index in [9.17, 15) is 14.9 Å². The number of benzene rings is 3. The zero-order valence-electron chi connectivity index (χ0n) is 18.3. The van der Waals surface area contributed by atoms with E-state index in [1.54, 1.807) is 22.8 Å². The van der Waals surface area contributed by atoms with Crippen molar-refractivity contribution in [1.82, 2.24) is 4.57 Å². The highest BCUT2D eigenvalue weighted by Crippen LogP contribution is 2.41. The predicted molar refractivity (Wildman–Crippen MR) is 140 cm³/mol. The van der Waals surface area contributed by atoms with Crippen molar-refractivity contribution in [1.29, 1.82) is 0 Å². The van der Waals surface area contributed by atoms with Crippen LogP contribution >= 0.6 is 27.3 Å². The van der Waals surface area contributed by atoms with Crippen LogP contribution < -0.4 is 14.9 Å². The predicted octanol–water partition coefficient (Wildman–Crippen LogP) is 4.99. The Balaban J connectivity index is 1.57. The van der Waals surface area contributed by atoms with Crippen LogP contribution in [0.3, 0.4) is 0 Å². The van der Waals surface area contributed by atoms with Crippen molar-refractivity contribution in [2.75, 3.05) is 0 Å². The molecule has 0 amide bonds. The van der Waals surface area contributed by atoms with Crippen molar-refractivity contribution in [2.24, 2.45) is 4.99 Å². The first-order chi connectivity index (χ1) is 17.0. The Kier molecular flexibility index (Phi) is 5.35. The molecule has 35 heavy (non-hydrogen) atoms. The fourth-order valence-electron chi connectivity index (χ4n) is 4.81. The van der Waals surface area contributed by atoms with Crippen LogP contribution in [0.1, 0.15) is 34.7 Å². The van der Waals surface area contributed by atoms with Crippen LogP contribution in [0.4, 0.5) is 5.69 Å². The molecule has 1 aliphatic carbocycles. The standard InChI is InChI=1S/C27H18BrN3O3S/c28-19-10-7-18(8-11-19)25-22-14-9-17-3-1-2-4-21(17)24(22)29-27-30(25)26(32)23(35-27)15-16-5-12-20(13-6-16)31(33)34/h1-8,10-13,15,25H,9,14H2/b23-15-/t25-/m1/s1. The molecule has 2 heterocycles. The molecule has 0 saturated carbocycles. The number of hydrogen-bond acceptors (Lipinski definition) is 5. The third-order valence-corrected chi connectivity index (χ3v) is 7.97. The summed E-state index contributed by atoms with van der Waals surface area (Å²) in [5, 5.41) is 11.0. The molecule has 0 radical (unpaired) electrons. The monoisotopic (exact) mass is 543 g/mol. The Hall–Kier alpha value is -3.62. The van der Waals surface area contributed by atoms with Crippen LogP contribution in [0, 0.1) is 10.1 Å². The Morgan fingerprint density at radius 2 is 1.77 bits per heavy atom. The van der Waals surface area contributed by atoms with Gasteiger partial charge in [-0.1, -0.05) is 63.7 Å². The third-order valence-electron chi connectivity index (χ3n) is 6.46. The average Bonchev–Trinajstić information content (AvgIpc) is 3.18. The molecular formula is C27H18BrN3O3S. The first-order valence-electron chi connectivity index (χ1n) is 11.1. The van der Waals surface area contributed by atoms with Gasteiger partial charge in [-0.3, -0.25) is 19.5 Å². The van der Waals surface area contributed by atoms with E-state index in [1.807, 2.05) is 18.2 Å². The Bertz CT molecular complexity index is 1700. The molecule has 1 aromatic heterocycles. The quantitative estimate of drug-likeness (QED) is 0.270. The highest BCUT2D eigenvalue weighted by molar-refractivity contribution is 9.10. The van der Waals surface area contributed by atoms with Crippen LogP contribution in [-0.4, -0.2) is 9.49 Å². The highest BCUT2D eigenvalue weighted by atomic mass is 79.9. The molecule has 0 saturated heterocycles. The van der Waals surface area contributed by atoms with E-state index in [4.69, 9.17) is 4.99 Å². The first kappa shape index (κ1) is 21.9. The molecule has 172 valence electrons. The third kappa shape index (κ3) is 3.79. The maximum atomic E-state index is 13.7. The van der Waals surface area contributed by atoms with Gasteiger partial charge in [-0.25, -0.2) is 4.99 Å². The van der Waals surface area contributed by atoms with Gasteiger partial charge in [0.15, 0.2) is 4.80 Å². The van der Waals surface area contributed by atoms with E-state index in [0.717, 1.165) is 45.3 Å². The lowest BCUT2D eigenvalue weighted by Crippen LogP contribution is -2.38. The van der Waals surface area contributed by atoms with Crippen LogP contribution in [0.2, 0.25) is 0 Å². The fourth-order valence-corrected chi connectivity index (χ4v) is 6.08. The van der Waals surface area contributed by atoms with E-state index in [1.165, 1.54) is 29.0 Å². The van der Waals surface area contributed by atoms with Crippen LogP contribution in [0.15, 0.2) is 92.6 Å². The Labute approximate surface area is 212 Å². The van der Waals surface area contributed by atoms with Gasteiger partial charge in [0, 0.05) is 22.2 Å². The molecule has 6 nitrogen and oxygen atoms in total. The number of rotatable bonds is 3. The van der Waals surface area contributed by atoms with Crippen molar-refractivity contribution in [3.63, 3.8) is 0 Å². The van der Waals surface area contributed by atoms with Gasteiger partial charge in [-0.05, 0) is 65.4 Å². The minimum Gasteiger partial charge on any atom is -0.272 e. The number of non-ortho nitro benzene ring substituents is 1. The van der Waals surface area contributed by atoms with Crippen LogP contribution in [-0.2, 0) is 6.42 Å². The number of allylic oxidation sites excluding steroid dienone is 1. The van der Waals surface area contributed by atoms with Gasteiger partial charge in [-0.2, -0.15) is 0 Å². The second-order valence-corrected chi connectivity index (χ2v) is 10.4. The number of nitro groups is 1. The van der Waals surface area contributed by atoms with Crippen molar-refractivity contribution >= 4 is 44.7 Å². The van der Waals surface area contributed by atoms with E-state index in [2.05, 4.69) is 46.3 Å². The van der Waals surface area contributed by atoms with Crippen LogP contribution in [0.5, 0.6) is 0 Å². The molecule has 0 bridgehead atoms. The fraction of sp³-hybridized carbons (Fsp3) is 0.111. The number of nitrogens with zero attached hydrogens (tertiary/aromatic N) is 3. The number of halogens is 1. The summed E-state index contributed by atoms with van der Waals surface area (Å²) in [5.41, 5.74) is 6.20. The summed E-state index contributed by atoms with van der Waals surface area (Å²) in [6, 6.07) is 22.4. The van der Waals surface area contributed by atoms with Gasteiger partial charge in [0.25, 0.3) is 11.2 Å². The number of fused-ring (bicyclic) bond motifs is 3.